The summed E-state index contributed by atoms with van der Waals surface area (Å²) in [7, 11) is 0. The van der Waals surface area contributed by atoms with Gasteiger partial charge < -0.3 is 0 Å². The van der Waals surface area contributed by atoms with E-state index < -0.39 is 5.82 Å². The van der Waals surface area contributed by atoms with E-state index in [1.807, 2.05) is 18.2 Å². The number of benzene rings is 2. The van der Waals surface area contributed by atoms with E-state index in [2.05, 4.69) is 0 Å². The molecular formula is C13H7ClFNOSe. The molecule has 2 aromatic carbocycles. The predicted molar refractivity (Wildman–Crippen MR) is 71.5 cm³/mol. The van der Waals surface area contributed by atoms with Crippen molar-refractivity contribution in [3.63, 3.8) is 0 Å². The molecule has 0 atom stereocenters. The number of nitrogens with zero attached hydrogens (tertiary/aromatic N) is 1. The molecule has 0 fully saturated rings. The molecule has 0 aliphatic rings. The van der Waals surface area contributed by atoms with E-state index >= 15 is 0 Å². The zero-order valence-electron chi connectivity index (χ0n) is 9.06. The molecule has 1 heterocycles. The molecule has 90 valence electrons. The van der Waals surface area contributed by atoms with E-state index in [-0.39, 0.29) is 20.3 Å². The van der Waals surface area contributed by atoms with Crippen LogP contribution >= 0.6 is 11.6 Å². The van der Waals surface area contributed by atoms with Crippen molar-refractivity contribution in [2.75, 3.05) is 0 Å². The minimum absolute atomic E-state index is 0.146. The zero-order chi connectivity index (χ0) is 12.7. The number of hydrogen-bond acceptors (Lipinski definition) is 1. The van der Waals surface area contributed by atoms with Gasteiger partial charge in [-0.3, -0.25) is 0 Å². The maximum atomic E-state index is 13.8. The average molecular weight is 327 g/mol. The average Bonchev–Trinajstić information content (AvgIpc) is 2.68. The van der Waals surface area contributed by atoms with E-state index in [1.54, 1.807) is 18.2 Å². The summed E-state index contributed by atoms with van der Waals surface area (Å²) in [4.78, 5) is 12.2. The number of rotatable bonds is 1. The normalized spacial score (nSPS) is 11.0. The van der Waals surface area contributed by atoms with Crippen LogP contribution in [0.1, 0.15) is 0 Å². The van der Waals surface area contributed by atoms with Gasteiger partial charge in [-0.1, -0.05) is 0 Å². The Labute approximate surface area is 113 Å². The van der Waals surface area contributed by atoms with Crippen molar-refractivity contribution < 1.29 is 4.39 Å². The van der Waals surface area contributed by atoms with Crippen LogP contribution in [0.15, 0.2) is 47.3 Å². The van der Waals surface area contributed by atoms with Gasteiger partial charge in [0.05, 0.1) is 0 Å². The first-order chi connectivity index (χ1) is 8.66. The maximum absolute atomic E-state index is 13.8. The molecule has 5 heteroatoms. The third-order valence-corrected chi connectivity index (χ3v) is 5.16. The van der Waals surface area contributed by atoms with Crippen LogP contribution in [-0.2, 0) is 0 Å². The van der Waals surface area contributed by atoms with Gasteiger partial charge in [-0.25, -0.2) is 0 Å². The second-order valence-electron chi connectivity index (χ2n) is 3.78. The van der Waals surface area contributed by atoms with Gasteiger partial charge in [-0.15, -0.1) is 0 Å². The monoisotopic (exact) mass is 327 g/mol. The Morgan fingerprint density at radius 3 is 2.67 bits per heavy atom. The Kier molecular flexibility index (Phi) is 2.86. The van der Waals surface area contributed by atoms with Crippen molar-refractivity contribution in [1.29, 1.82) is 0 Å². The molecule has 0 aliphatic heterocycles. The molecular weight excluding hydrogens is 320 g/mol. The van der Waals surface area contributed by atoms with E-state index in [0.29, 0.717) is 16.1 Å². The van der Waals surface area contributed by atoms with Crippen LogP contribution in [0, 0.1) is 5.82 Å². The fourth-order valence-electron chi connectivity index (χ4n) is 1.78. The minimum atomic E-state index is -0.467. The molecule has 3 rings (SSSR count). The van der Waals surface area contributed by atoms with Crippen LogP contribution in [0.3, 0.4) is 0 Å². The van der Waals surface area contributed by atoms with Crippen molar-refractivity contribution in [2.45, 2.75) is 0 Å². The molecule has 0 spiro atoms. The molecule has 0 saturated heterocycles. The van der Waals surface area contributed by atoms with Gasteiger partial charge in [0.15, 0.2) is 0 Å². The molecule has 0 aliphatic carbocycles. The summed E-state index contributed by atoms with van der Waals surface area (Å²) in [6, 6.07) is 11.7. The number of hydrogen-bond donors (Lipinski definition) is 0. The van der Waals surface area contributed by atoms with Gasteiger partial charge in [0.2, 0.25) is 0 Å². The van der Waals surface area contributed by atoms with Crippen molar-refractivity contribution in [1.82, 2.24) is 3.56 Å². The SMILES string of the molecule is O=c1c2ccccc2[se]n1-c1ccc(Cl)cc1F. The molecule has 0 saturated carbocycles. The Morgan fingerprint density at radius 2 is 1.94 bits per heavy atom. The second kappa shape index (κ2) is 4.39. The van der Waals surface area contributed by atoms with Crippen LogP contribution in [0.5, 0.6) is 0 Å². The van der Waals surface area contributed by atoms with Crippen LogP contribution < -0.4 is 5.56 Å². The number of halogens is 2. The van der Waals surface area contributed by atoms with Gasteiger partial charge in [-0.05, 0) is 0 Å². The van der Waals surface area contributed by atoms with Crippen LogP contribution in [0.2, 0.25) is 5.02 Å². The third kappa shape index (κ3) is 1.83. The fraction of sp³-hybridized carbons (Fsp3) is 0. The van der Waals surface area contributed by atoms with E-state index in [9.17, 15) is 9.18 Å². The summed E-state index contributed by atoms with van der Waals surface area (Å²) >= 11 is 5.49. The Morgan fingerprint density at radius 1 is 1.17 bits per heavy atom. The van der Waals surface area contributed by atoms with Crippen molar-refractivity contribution in [3.8, 4) is 5.69 Å². The Balaban J connectivity index is 2.32. The van der Waals surface area contributed by atoms with Gasteiger partial charge in [0, 0.05) is 0 Å². The van der Waals surface area contributed by atoms with Gasteiger partial charge in [0.1, 0.15) is 0 Å². The van der Waals surface area contributed by atoms with Crippen LogP contribution in [0.4, 0.5) is 4.39 Å². The van der Waals surface area contributed by atoms with E-state index in [1.165, 1.54) is 9.63 Å². The van der Waals surface area contributed by atoms with Crippen molar-refractivity contribution in [3.05, 3.63) is 63.7 Å². The van der Waals surface area contributed by atoms with Gasteiger partial charge >= 0.3 is 113 Å². The fourth-order valence-corrected chi connectivity index (χ4v) is 4.07. The predicted octanol–water partition coefficient (Wildman–Crippen LogP) is 2.84. The van der Waals surface area contributed by atoms with E-state index in [0.717, 1.165) is 4.26 Å². The summed E-state index contributed by atoms with van der Waals surface area (Å²) in [5, 5.41) is 0.986. The summed E-state index contributed by atoms with van der Waals surface area (Å²) in [5.41, 5.74) is 0.146. The van der Waals surface area contributed by atoms with Crippen molar-refractivity contribution >= 4 is 36.0 Å². The molecule has 0 radical (unpaired) electrons. The topological polar surface area (TPSA) is 22.0 Å². The van der Waals surface area contributed by atoms with Crippen LogP contribution in [0.25, 0.3) is 15.3 Å². The Hall–Kier alpha value is -1.35. The van der Waals surface area contributed by atoms with Crippen molar-refractivity contribution in [2.24, 2.45) is 0 Å². The van der Waals surface area contributed by atoms with E-state index in [4.69, 9.17) is 11.6 Å². The molecule has 2 nitrogen and oxygen atoms in total. The molecule has 1 aromatic heterocycles. The van der Waals surface area contributed by atoms with Crippen LogP contribution in [-0.4, -0.2) is 18.3 Å². The molecule has 0 bridgehead atoms. The first kappa shape index (κ1) is 11.7. The standard InChI is InChI=1S/C13H7ClFNOSe/c14-8-5-6-11(10(15)7-8)16-13(17)9-3-1-2-4-12(9)18-16/h1-7H. The third-order valence-electron chi connectivity index (χ3n) is 2.62. The quantitative estimate of drug-likeness (QED) is 0.630. The first-order valence-corrected chi connectivity index (χ1v) is 7.23. The second-order valence-corrected chi connectivity index (χ2v) is 6.29. The summed E-state index contributed by atoms with van der Waals surface area (Å²) in [6.07, 6.45) is 0. The summed E-state index contributed by atoms with van der Waals surface area (Å²) in [6.45, 7) is 0. The van der Waals surface area contributed by atoms with Gasteiger partial charge in [-0.2, -0.15) is 0 Å². The summed E-state index contributed by atoms with van der Waals surface area (Å²) in [5.74, 6) is -0.467. The molecule has 18 heavy (non-hydrogen) atoms. The molecule has 3 aromatic rings. The number of fused-ring (bicyclic) bond motifs is 1. The Bertz CT molecular complexity index is 793. The summed E-state index contributed by atoms with van der Waals surface area (Å²) < 4.78 is 16.3. The van der Waals surface area contributed by atoms with Gasteiger partial charge in [0.25, 0.3) is 0 Å². The molecule has 0 amide bonds. The zero-order valence-corrected chi connectivity index (χ0v) is 11.5. The first-order valence-electron chi connectivity index (χ1n) is 5.23. The number of aromatic nitrogens is 1. The molecule has 0 N–H and O–H groups in total. The molecule has 0 unspecified atom stereocenters.